The highest BCUT2D eigenvalue weighted by molar-refractivity contribution is 6.30. The highest BCUT2D eigenvalue weighted by Crippen LogP contribution is 2.22. The second kappa shape index (κ2) is 6.76. The molecule has 1 N–H and O–H groups in total. The number of halogens is 1. The monoisotopic (exact) mass is 355 g/mol. The highest BCUT2D eigenvalue weighted by Gasteiger charge is 2.25. The van der Waals surface area contributed by atoms with Gasteiger partial charge < -0.3 is 9.64 Å². The molecule has 0 atom stereocenters. The molecular weight excluding hydrogens is 338 g/mol. The lowest BCUT2D eigenvalue weighted by Crippen LogP contribution is -2.41. The van der Waals surface area contributed by atoms with Crippen molar-refractivity contribution in [3.05, 3.63) is 59.2 Å². The van der Waals surface area contributed by atoms with Crippen LogP contribution in [0, 0.1) is 0 Å². The standard InChI is InChI=1S/C19H18ClN3O2/c20-15-2-4-16(5-3-15)25-17-7-9-23(10-8-17)19(24)13-1-6-18-14(11-13)12-21-22-18/h1-6,11-12,17H,7-10H2,(H,21,22). The second-order valence-corrected chi connectivity index (χ2v) is 6.67. The minimum atomic E-state index is 0.0630. The summed E-state index contributed by atoms with van der Waals surface area (Å²) in [5.41, 5.74) is 1.64. The number of aromatic amines is 1. The van der Waals surface area contributed by atoms with Crippen molar-refractivity contribution in [2.45, 2.75) is 18.9 Å². The molecule has 1 amide bonds. The molecule has 0 unspecified atom stereocenters. The van der Waals surface area contributed by atoms with E-state index in [2.05, 4.69) is 10.2 Å². The number of fused-ring (bicyclic) bond motifs is 1. The lowest BCUT2D eigenvalue weighted by molar-refractivity contribution is 0.0596. The molecule has 2 heterocycles. The number of rotatable bonds is 3. The largest absolute Gasteiger partial charge is 0.490 e. The van der Waals surface area contributed by atoms with E-state index in [1.807, 2.05) is 47.4 Å². The van der Waals surface area contributed by atoms with Gasteiger partial charge in [0.15, 0.2) is 0 Å². The van der Waals surface area contributed by atoms with Crippen LogP contribution in [-0.2, 0) is 0 Å². The zero-order chi connectivity index (χ0) is 17.2. The van der Waals surface area contributed by atoms with Gasteiger partial charge in [-0.25, -0.2) is 0 Å². The smallest absolute Gasteiger partial charge is 0.253 e. The van der Waals surface area contributed by atoms with E-state index in [9.17, 15) is 4.79 Å². The topological polar surface area (TPSA) is 58.2 Å². The Balaban J connectivity index is 1.37. The number of amides is 1. The zero-order valence-electron chi connectivity index (χ0n) is 13.6. The predicted octanol–water partition coefficient (Wildman–Crippen LogP) is 3.90. The summed E-state index contributed by atoms with van der Waals surface area (Å²) in [5, 5.41) is 8.54. The van der Waals surface area contributed by atoms with Crippen LogP contribution < -0.4 is 4.74 Å². The Morgan fingerprint density at radius 2 is 1.92 bits per heavy atom. The molecular formula is C19H18ClN3O2. The number of nitrogens with one attached hydrogen (secondary N) is 1. The molecule has 1 saturated heterocycles. The Kier molecular flexibility index (Phi) is 4.32. The summed E-state index contributed by atoms with van der Waals surface area (Å²) in [5.74, 6) is 0.882. The van der Waals surface area contributed by atoms with Gasteiger partial charge in [0, 0.05) is 41.9 Å². The summed E-state index contributed by atoms with van der Waals surface area (Å²) in [6.07, 6.45) is 3.50. The first-order chi connectivity index (χ1) is 12.2. The number of nitrogens with zero attached hydrogens (tertiary/aromatic N) is 2. The third kappa shape index (κ3) is 3.46. The molecule has 0 radical (unpaired) electrons. The molecule has 5 nitrogen and oxygen atoms in total. The Hall–Kier alpha value is -2.53. The van der Waals surface area contributed by atoms with Gasteiger partial charge in [-0.05, 0) is 42.5 Å². The third-order valence-corrected chi connectivity index (χ3v) is 4.78. The number of hydrogen-bond donors (Lipinski definition) is 1. The van der Waals surface area contributed by atoms with Crippen LogP contribution in [0.3, 0.4) is 0 Å². The fourth-order valence-electron chi connectivity index (χ4n) is 3.14. The van der Waals surface area contributed by atoms with Crippen molar-refractivity contribution < 1.29 is 9.53 Å². The maximum Gasteiger partial charge on any atom is 0.253 e. The average Bonchev–Trinajstić information content (AvgIpc) is 3.11. The van der Waals surface area contributed by atoms with Crippen LogP contribution in [0.5, 0.6) is 5.75 Å². The number of carbonyl (C=O) groups is 1. The number of ether oxygens (including phenoxy) is 1. The van der Waals surface area contributed by atoms with Crippen LogP contribution in [0.1, 0.15) is 23.2 Å². The van der Waals surface area contributed by atoms with E-state index in [0.717, 1.165) is 29.5 Å². The molecule has 0 bridgehead atoms. The molecule has 0 saturated carbocycles. The number of piperidine rings is 1. The predicted molar refractivity (Wildman–Crippen MR) is 97.1 cm³/mol. The van der Waals surface area contributed by atoms with Gasteiger partial charge in [0.2, 0.25) is 0 Å². The van der Waals surface area contributed by atoms with Crippen molar-refractivity contribution in [1.29, 1.82) is 0 Å². The Labute approximate surface area is 150 Å². The van der Waals surface area contributed by atoms with Gasteiger partial charge in [-0.3, -0.25) is 9.89 Å². The van der Waals surface area contributed by atoms with E-state index in [1.54, 1.807) is 6.20 Å². The fraction of sp³-hybridized carbons (Fsp3) is 0.263. The van der Waals surface area contributed by atoms with Crippen LogP contribution in [0.4, 0.5) is 0 Å². The molecule has 128 valence electrons. The van der Waals surface area contributed by atoms with Gasteiger partial charge in [0.1, 0.15) is 11.9 Å². The van der Waals surface area contributed by atoms with Gasteiger partial charge >= 0.3 is 0 Å². The molecule has 6 heteroatoms. The fourth-order valence-corrected chi connectivity index (χ4v) is 3.27. The van der Waals surface area contributed by atoms with E-state index in [-0.39, 0.29) is 12.0 Å². The Bertz CT molecular complexity index is 883. The number of benzene rings is 2. The van der Waals surface area contributed by atoms with Crippen molar-refractivity contribution in [1.82, 2.24) is 15.1 Å². The normalized spacial score (nSPS) is 15.5. The first kappa shape index (κ1) is 16.0. The molecule has 0 aliphatic carbocycles. The minimum Gasteiger partial charge on any atom is -0.490 e. The molecule has 4 rings (SSSR count). The molecule has 1 aliphatic rings. The van der Waals surface area contributed by atoms with E-state index < -0.39 is 0 Å². The van der Waals surface area contributed by atoms with Crippen LogP contribution in [0.15, 0.2) is 48.7 Å². The number of aromatic nitrogens is 2. The summed E-state index contributed by atoms with van der Waals surface area (Å²) >= 11 is 5.89. The van der Waals surface area contributed by atoms with Crippen molar-refractivity contribution >= 4 is 28.4 Å². The first-order valence-electron chi connectivity index (χ1n) is 8.34. The summed E-state index contributed by atoms with van der Waals surface area (Å²) in [6, 6.07) is 13.0. The van der Waals surface area contributed by atoms with E-state index in [0.29, 0.717) is 23.7 Å². The number of hydrogen-bond acceptors (Lipinski definition) is 3. The maximum atomic E-state index is 12.7. The molecule has 2 aromatic carbocycles. The van der Waals surface area contributed by atoms with Gasteiger partial charge in [0.05, 0.1) is 11.7 Å². The quantitative estimate of drug-likeness (QED) is 0.775. The van der Waals surface area contributed by atoms with Gasteiger partial charge in [0.25, 0.3) is 5.91 Å². The number of H-pyrrole nitrogens is 1. The summed E-state index contributed by atoms with van der Waals surface area (Å²) < 4.78 is 5.98. The molecule has 1 aliphatic heterocycles. The van der Waals surface area contributed by atoms with E-state index in [4.69, 9.17) is 16.3 Å². The van der Waals surface area contributed by atoms with Gasteiger partial charge in [-0.2, -0.15) is 5.10 Å². The SMILES string of the molecule is O=C(c1ccc2[nH]ncc2c1)N1CCC(Oc2ccc(Cl)cc2)CC1. The Morgan fingerprint density at radius 1 is 1.16 bits per heavy atom. The zero-order valence-corrected chi connectivity index (χ0v) is 14.4. The summed E-state index contributed by atoms with van der Waals surface area (Å²) in [4.78, 5) is 14.6. The molecule has 25 heavy (non-hydrogen) atoms. The maximum absolute atomic E-state index is 12.7. The summed E-state index contributed by atoms with van der Waals surface area (Å²) in [7, 11) is 0. The minimum absolute atomic E-state index is 0.0630. The van der Waals surface area contributed by atoms with Crippen molar-refractivity contribution in [3.8, 4) is 5.75 Å². The Morgan fingerprint density at radius 3 is 2.68 bits per heavy atom. The average molecular weight is 356 g/mol. The molecule has 0 spiro atoms. The van der Waals surface area contributed by atoms with Crippen molar-refractivity contribution in [2.75, 3.05) is 13.1 Å². The summed E-state index contributed by atoms with van der Waals surface area (Å²) in [6.45, 7) is 1.39. The van der Waals surface area contributed by atoms with Crippen molar-refractivity contribution in [2.24, 2.45) is 0 Å². The van der Waals surface area contributed by atoms with Crippen molar-refractivity contribution in [3.63, 3.8) is 0 Å². The molecule has 1 aromatic heterocycles. The lowest BCUT2D eigenvalue weighted by atomic mass is 10.1. The van der Waals surface area contributed by atoms with Crippen LogP contribution in [0.25, 0.3) is 10.9 Å². The molecule has 3 aromatic rings. The highest BCUT2D eigenvalue weighted by atomic mass is 35.5. The van der Waals surface area contributed by atoms with Gasteiger partial charge in [-0.15, -0.1) is 0 Å². The van der Waals surface area contributed by atoms with Crippen LogP contribution in [-0.4, -0.2) is 40.2 Å². The van der Waals surface area contributed by atoms with E-state index >= 15 is 0 Å². The van der Waals surface area contributed by atoms with E-state index in [1.165, 1.54) is 0 Å². The first-order valence-corrected chi connectivity index (χ1v) is 8.71. The third-order valence-electron chi connectivity index (χ3n) is 4.53. The number of likely N-dealkylation sites (tertiary alicyclic amines) is 1. The molecule has 1 fully saturated rings. The van der Waals surface area contributed by atoms with Gasteiger partial charge in [-0.1, -0.05) is 11.6 Å². The number of carbonyl (C=O) groups excluding carboxylic acids is 1. The van der Waals surface area contributed by atoms with Crippen LogP contribution >= 0.6 is 11.6 Å². The van der Waals surface area contributed by atoms with Crippen LogP contribution in [0.2, 0.25) is 5.02 Å². The lowest BCUT2D eigenvalue weighted by Gasteiger charge is -2.32. The second-order valence-electron chi connectivity index (χ2n) is 6.24.